The summed E-state index contributed by atoms with van der Waals surface area (Å²) < 4.78 is 70.7. The Morgan fingerprint density at radius 1 is 0.844 bits per heavy atom. The van der Waals surface area contributed by atoms with Crippen LogP contribution in [0.25, 0.3) is 0 Å². The van der Waals surface area contributed by atoms with Crippen LogP contribution in [0.5, 0.6) is 5.75 Å². The summed E-state index contributed by atoms with van der Waals surface area (Å²) in [5.74, 6) is -0.466. The number of sulfonamides is 1. The van der Waals surface area contributed by atoms with E-state index in [4.69, 9.17) is 4.18 Å². The van der Waals surface area contributed by atoms with Crippen molar-refractivity contribution in [1.82, 2.24) is 4.31 Å². The van der Waals surface area contributed by atoms with Gasteiger partial charge in [-0.3, -0.25) is 0 Å². The molecule has 0 heterocycles. The lowest BCUT2D eigenvalue weighted by atomic mass is 10.2. The van der Waals surface area contributed by atoms with Crippen molar-refractivity contribution in [2.45, 2.75) is 42.1 Å². The minimum Gasteiger partial charge on any atom is -0.379 e. The van der Waals surface area contributed by atoms with Crippen LogP contribution in [0.1, 0.15) is 24.0 Å². The van der Waals surface area contributed by atoms with Crippen LogP contribution in [0.3, 0.4) is 0 Å². The fraction of sp³-hybridized carbons (Fsp3) is 0.217. The molecule has 4 rings (SSSR count). The van der Waals surface area contributed by atoms with E-state index in [1.807, 2.05) is 6.92 Å². The Morgan fingerprint density at radius 3 is 1.97 bits per heavy atom. The Bertz CT molecular complexity index is 1300. The molecular formula is C23H22FNO5S2. The van der Waals surface area contributed by atoms with Crippen molar-refractivity contribution in [3.05, 3.63) is 89.7 Å². The maximum absolute atomic E-state index is 13.2. The molecule has 1 aliphatic rings. The molecule has 32 heavy (non-hydrogen) atoms. The van der Waals surface area contributed by atoms with Crippen molar-refractivity contribution in [2.24, 2.45) is 0 Å². The first-order chi connectivity index (χ1) is 15.1. The molecule has 0 aromatic heterocycles. The lowest BCUT2D eigenvalue weighted by Gasteiger charge is -2.22. The van der Waals surface area contributed by atoms with Gasteiger partial charge in [0.25, 0.3) is 0 Å². The van der Waals surface area contributed by atoms with Gasteiger partial charge >= 0.3 is 10.1 Å². The fourth-order valence-corrected chi connectivity index (χ4v) is 5.83. The van der Waals surface area contributed by atoms with Gasteiger partial charge in [0.1, 0.15) is 16.5 Å². The number of nitrogens with zero attached hydrogens (tertiary/aromatic N) is 1. The predicted octanol–water partition coefficient (Wildman–Crippen LogP) is 4.26. The third-order valence-electron chi connectivity index (χ3n) is 5.15. The lowest BCUT2D eigenvalue weighted by Crippen LogP contribution is -2.32. The summed E-state index contributed by atoms with van der Waals surface area (Å²) >= 11 is 0. The molecule has 1 saturated carbocycles. The summed E-state index contributed by atoms with van der Waals surface area (Å²) in [4.78, 5) is 0.0902. The Labute approximate surface area is 187 Å². The molecule has 0 spiro atoms. The first-order valence-corrected chi connectivity index (χ1v) is 12.9. The van der Waals surface area contributed by atoms with E-state index < -0.39 is 26.0 Å². The number of hydrogen-bond donors (Lipinski definition) is 0. The molecule has 6 nitrogen and oxygen atoms in total. The molecule has 1 aliphatic carbocycles. The van der Waals surface area contributed by atoms with Gasteiger partial charge in [-0.2, -0.15) is 12.7 Å². The molecule has 9 heteroatoms. The van der Waals surface area contributed by atoms with Crippen molar-refractivity contribution in [3.8, 4) is 5.75 Å². The van der Waals surface area contributed by atoms with Crippen molar-refractivity contribution in [3.63, 3.8) is 0 Å². The molecular weight excluding hydrogens is 453 g/mol. The molecule has 3 aromatic carbocycles. The molecule has 0 N–H and O–H groups in total. The topological polar surface area (TPSA) is 80.8 Å². The average molecular weight is 476 g/mol. The van der Waals surface area contributed by atoms with Gasteiger partial charge in [0.05, 0.1) is 4.90 Å². The Kier molecular flexibility index (Phi) is 6.07. The number of hydrogen-bond acceptors (Lipinski definition) is 5. The highest BCUT2D eigenvalue weighted by Gasteiger charge is 2.38. The zero-order valence-electron chi connectivity index (χ0n) is 17.3. The van der Waals surface area contributed by atoms with Gasteiger partial charge in [-0.05, 0) is 73.9 Å². The SMILES string of the molecule is Cc1ccc(S(=O)(=O)N(Cc2ccc(OS(=O)(=O)c3ccc(F)cc3)cc2)C2CC2)cc1. The summed E-state index contributed by atoms with van der Waals surface area (Å²) in [5.41, 5.74) is 1.69. The van der Waals surface area contributed by atoms with Crippen LogP contribution in [0.2, 0.25) is 0 Å². The zero-order chi connectivity index (χ0) is 22.9. The van der Waals surface area contributed by atoms with Gasteiger partial charge in [-0.25, -0.2) is 12.8 Å². The van der Waals surface area contributed by atoms with Crippen LogP contribution in [0, 0.1) is 12.7 Å². The van der Waals surface area contributed by atoms with E-state index in [0.29, 0.717) is 5.56 Å². The zero-order valence-corrected chi connectivity index (χ0v) is 18.9. The third-order valence-corrected chi connectivity index (χ3v) is 8.33. The largest absolute Gasteiger partial charge is 0.379 e. The minimum absolute atomic E-state index is 0.0453. The maximum atomic E-state index is 13.2. The standard InChI is InChI=1S/C23H22FNO5S2/c1-17-2-12-22(13-3-17)31(26,27)25(20-8-9-20)16-18-4-10-21(11-5-18)30-32(28,29)23-14-6-19(24)7-15-23/h2-7,10-15,20H,8-9,16H2,1H3. The van der Waals surface area contributed by atoms with Crippen LogP contribution in [-0.2, 0) is 26.7 Å². The summed E-state index contributed by atoms with van der Waals surface area (Å²) in [6, 6.07) is 17.3. The average Bonchev–Trinajstić information content (AvgIpc) is 3.58. The van der Waals surface area contributed by atoms with Gasteiger partial charge in [-0.1, -0.05) is 29.8 Å². The number of rotatable bonds is 8. The highest BCUT2D eigenvalue weighted by Crippen LogP contribution is 2.34. The van der Waals surface area contributed by atoms with E-state index in [1.54, 1.807) is 36.4 Å². The van der Waals surface area contributed by atoms with Crippen LogP contribution in [-0.4, -0.2) is 27.2 Å². The second kappa shape index (κ2) is 8.65. The molecule has 0 unspecified atom stereocenters. The lowest BCUT2D eigenvalue weighted by molar-refractivity contribution is 0.398. The number of benzene rings is 3. The number of halogens is 1. The number of aryl methyl sites for hydroxylation is 1. The second-order valence-corrected chi connectivity index (χ2v) is 11.2. The van der Waals surface area contributed by atoms with Crippen molar-refractivity contribution < 1.29 is 25.4 Å². The fourth-order valence-electron chi connectivity index (χ4n) is 3.22. The van der Waals surface area contributed by atoms with Gasteiger partial charge in [-0.15, -0.1) is 0 Å². The van der Waals surface area contributed by atoms with Gasteiger partial charge in [0.15, 0.2) is 0 Å². The Balaban J connectivity index is 1.51. The molecule has 1 fully saturated rings. The van der Waals surface area contributed by atoms with E-state index in [9.17, 15) is 21.2 Å². The summed E-state index contributed by atoms with van der Waals surface area (Å²) in [6.07, 6.45) is 1.62. The monoisotopic (exact) mass is 475 g/mol. The van der Waals surface area contributed by atoms with Gasteiger partial charge in [0, 0.05) is 12.6 Å². The van der Waals surface area contributed by atoms with Crippen LogP contribution >= 0.6 is 0 Å². The van der Waals surface area contributed by atoms with Crippen LogP contribution in [0.4, 0.5) is 4.39 Å². The minimum atomic E-state index is -4.11. The third kappa shape index (κ3) is 5.01. The molecule has 0 aliphatic heterocycles. The Hall–Kier alpha value is -2.75. The summed E-state index contributed by atoms with van der Waals surface area (Å²) in [7, 11) is -7.76. The van der Waals surface area contributed by atoms with Gasteiger partial charge in [0.2, 0.25) is 10.0 Å². The predicted molar refractivity (Wildman–Crippen MR) is 118 cm³/mol. The first kappa shape index (κ1) is 22.4. The van der Waals surface area contributed by atoms with E-state index in [1.165, 1.54) is 16.4 Å². The molecule has 168 valence electrons. The normalized spacial score (nSPS) is 14.5. The van der Waals surface area contributed by atoms with Crippen molar-refractivity contribution in [2.75, 3.05) is 0 Å². The first-order valence-electron chi connectivity index (χ1n) is 10.0. The highest BCUT2D eigenvalue weighted by atomic mass is 32.2. The quantitative estimate of drug-likeness (QED) is 0.455. The van der Waals surface area contributed by atoms with E-state index in [0.717, 1.165) is 42.7 Å². The van der Waals surface area contributed by atoms with Crippen LogP contribution < -0.4 is 4.18 Å². The molecule has 3 aromatic rings. The molecule has 0 saturated heterocycles. The van der Waals surface area contributed by atoms with Crippen molar-refractivity contribution in [1.29, 1.82) is 0 Å². The molecule has 0 bridgehead atoms. The summed E-state index contributed by atoms with van der Waals surface area (Å²) in [5, 5.41) is 0. The summed E-state index contributed by atoms with van der Waals surface area (Å²) in [6.45, 7) is 2.07. The maximum Gasteiger partial charge on any atom is 0.339 e. The second-order valence-electron chi connectivity index (χ2n) is 7.73. The Morgan fingerprint density at radius 2 is 1.41 bits per heavy atom. The highest BCUT2D eigenvalue weighted by molar-refractivity contribution is 7.89. The van der Waals surface area contributed by atoms with E-state index in [2.05, 4.69) is 0 Å². The van der Waals surface area contributed by atoms with E-state index >= 15 is 0 Å². The van der Waals surface area contributed by atoms with Crippen LogP contribution in [0.15, 0.2) is 82.6 Å². The molecule has 0 radical (unpaired) electrons. The van der Waals surface area contributed by atoms with Crippen molar-refractivity contribution >= 4 is 20.1 Å². The molecule has 0 atom stereocenters. The molecule has 0 amide bonds. The van der Waals surface area contributed by atoms with Gasteiger partial charge < -0.3 is 4.18 Å². The van der Waals surface area contributed by atoms with E-state index in [-0.39, 0.29) is 28.1 Å². The smallest absolute Gasteiger partial charge is 0.339 e.